The number of aryl methyl sites for hydroxylation is 2. The molecule has 0 spiro atoms. The smallest absolute Gasteiger partial charge is 0.336 e. The third-order valence-electron chi connectivity index (χ3n) is 6.81. The van der Waals surface area contributed by atoms with Gasteiger partial charge < -0.3 is 25.0 Å². The number of carboxylic acids is 2. The fraction of sp³-hybridized carbons (Fsp3) is 0.406. The molecular formula is C32H37Cl2NO7. The van der Waals surface area contributed by atoms with E-state index in [2.05, 4.69) is 35.6 Å². The molecule has 3 rings (SSSR count). The number of rotatable bonds is 19. The molecule has 3 N–H and O–H groups in total. The molecule has 0 heterocycles. The van der Waals surface area contributed by atoms with Gasteiger partial charge in [-0.1, -0.05) is 84.6 Å². The monoisotopic (exact) mass is 617 g/mol. The highest BCUT2D eigenvalue weighted by atomic mass is 35.5. The first-order chi connectivity index (χ1) is 20.2. The maximum Gasteiger partial charge on any atom is 0.336 e. The van der Waals surface area contributed by atoms with Gasteiger partial charge in [0, 0.05) is 13.2 Å². The topological polar surface area (TPSA) is 122 Å². The average Bonchev–Trinajstić information content (AvgIpc) is 2.96. The number of carboxylic acid groups (broad SMARTS) is 2. The van der Waals surface area contributed by atoms with Crippen molar-refractivity contribution in [2.75, 3.05) is 19.8 Å². The van der Waals surface area contributed by atoms with Gasteiger partial charge in [0.15, 0.2) is 12.2 Å². The van der Waals surface area contributed by atoms with Crippen molar-refractivity contribution < 1.29 is 34.1 Å². The van der Waals surface area contributed by atoms with Crippen LogP contribution in [0.15, 0.2) is 60.7 Å². The third kappa shape index (κ3) is 11.2. The standard InChI is InChI=1S/C32H37Cl2NO7/c33-26-16-14-23(20-27(26)34)10-4-2-8-18-41-29(30(32(39)40)42-21-28(36)37)31(38)35-17-7-1-3-9-22-13-15-24-11-5-6-12-25(24)19-22/h5-6,11-16,19-20,29-30H,1-4,7-10,17-18,21H2,(H,35,38)(H,36,37)(H,39,40). The van der Waals surface area contributed by atoms with E-state index in [9.17, 15) is 19.5 Å². The van der Waals surface area contributed by atoms with Crippen LogP contribution in [0.1, 0.15) is 49.7 Å². The van der Waals surface area contributed by atoms with E-state index in [1.165, 1.54) is 16.3 Å². The van der Waals surface area contributed by atoms with E-state index in [0.717, 1.165) is 44.1 Å². The number of hydrogen-bond donors (Lipinski definition) is 3. The summed E-state index contributed by atoms with van der Waals surface area (Å²) in [5.41, 5.74) is 2.30. The van der Waals surface area contributed by atoms with E-state index < -0.39 is 36.7 Å². The number of ether oxygens (including phenoxy) is 2. The fourth-order valence-corrected chi connectivity index (χ4v) is 4.92. The van der Waals surface area contributed by atoms with Gasteiger partial charge in [-0.25, -0.2) is 9.59 Å². The highest BCUT2D eigenvalue weighted by molar-refractivity contribution is 6.42. The molecule has 10 heteroatoms. The Bertz CT molecular complexity index is 1330. The maximum absolute atomic E-state index is 12.9. The molecule has 0 fully saturated rings. The number of carbonyl (C=O) groups excluding carboxylic acids is 1. The van der Waals surface area contributed by atoms with Crippen molar-refractivity contribution in [2.45, 2.75) is 63.6 Å². The minimum Gasteiger partial charge on any atom is -0.480 e. The molecule has 8 nitrogen and oxygen atoms in total. The number of unbranched alkanes of at least 4 members (excludes halogenated alkanes) is 4. The quantitative estimate of drug-likeness (QED) is 0.134. The Balaban J connectivity index is 1.43. The molecule has 0 aromatic heterocycles. The molecule has 0 saturated carbocycles. The summed E-state index contributed by atoms with van der Waals surface area (Å²) in [6.45, 7) is -0.403. The number of carbonyl (C=O) groups is 3. The zero-order valence-electron chi connectivity index (χ0n) is 23.4. The average molecular weight is 619 g/mol. The molecule has 2 atom stereocenters. The molecule has 2 unspecified atom stereocenters. The number of hydrogen-bond acceptors (Lipinski definition) is 5. The number of fused-ring (bicyclic) bond motifs is 1. The zero-order valence-corrected chi connectivity index (χ0v) is 24.9. The van der Waals surface area contributed by atoms with Gasteiger partial charge in [-0.2, -0.15) is 0 Å². The van der Waals surface area contributed by atoms with E-state index in [1.807, 2.05) is 24.3 Å². The Hall–Kier alpha value is -3.17. The fourth-order valence-electron chi connectivity index (χ4n) is 4.60. The predicted octanol–water partition coefficient (Wildman–Crippen LogP) is 6.33. The van der Waals surface area contributed by atoms with Gasteiger partial charge in [-0.3, -0.25) is 4.79 Å². The zero-order chi connectivity index (χ0) is 30.3. The van der Waals surface area contributed by atoms with Gasteiger partial charge in [0.2, 0.25) is 0 Å². The van der Waals surface area contributed by atoms with Crippen molar-refractivity contribution in [3.63, 3.8) is 0 Å². The lowest BCUT2D eigenvalue weighted by Gasteiger charge is -2.23. The number of amides is 1. The molecule has 3 aromatic carbocycles. The predicted molar refractivity (Wildman–Crippen MR) is 163 cm³/mol. The lowest BCUT2D eigenvalue weighted by atomic mass is 10.0. The Kier molecular flexibility index (Phi) is 14.1. The van der Waals surface area contributed by atoms with Crippen LogP contribution in [0.4, 0.5) is 0 Å². The van der Waals surface area contributed by atoms with Crippen LogP contribution in [0.2, 0.25) is 10.0 Å². The Morgan fingerprint density at radius 1 is 0.714 bits per heavy atom. The largest absolute Gasteiger partial charge is 0.480 e. The molecular weight excluding hydrogens is 581 g/mol. The van der Waals surface area contributed by atoms with Crippen LogP contribution in [-0.2, 0) is 36.7 Å². The van der Waals surface area contributed by atoms with Crippen molar-refractivity contribution in [2.24, 2.45) is 0 Å². The second-order valence-electron chi connectivity index (χ2n) is 10.1. The van der Waals surface area contributed by atoms with Crippen LogP contribution < -0.4 is 5.32 Å². The van der Waals surface area contributed by atoms with Gasteiger partial charge in [-0.15, -0.1) is 0 Å². The van der Waals surface area contributed by atoms with Gasteiger partial charge in [0.1, 0.15) is 6.61 Å². The summed E-state index contributed by atoms with van der Waals surface area (Å²) < 4.78 is 10.7. The number of halogens is 2. The Labute approximate surface area is 255 Å². The highest BCUT2D eigenvalue weighted by Gasteiger charge is 2.36. The first-order valence-corrected chi connectivity index (χ1v) is 14.9. The van der Waals surface area contributed by atoms with E-state index in [1.54, 1.807) is 6.07 Å². The first-order valence-electron chi connectivity index (χ1n) is 14.1. The summed E-state index contributed by atoms with van der Waals surface area (Å²) >= 11 is 12.0. The van der Waals surface area contributed by atoms with Gasteiger partial charge in [-0.05, 0) is 72.6 Å². The van der Waals surface area contributed by atoms with Crippen LogP contribution in [0, 0.1) is 0 Å². The summed E-state index contributed by atoms with van der Waals surface area (Å²) in [4.78, 5) is 35.7. The Morgan fingerprint density at radius 2 is 1.38 bits per heavy atom. The molecule has 0 saturated heterocycles. The molecule has 1 amide bonds. The van der Waals surface area contributed by atoms with Crippen molar-refractivity contribution in [3.05, 3.63) is 81.8 Å². The second-order valence-corrected chi connectivity index (χ2v) is 10.9. The molecule has 0 aliphatic heterocycles. The van der Waals surface area contributed by atoms with Crippen LogP contribution in [-0.4, -0.2) is 60.0 Å². The molecule has 42 heavy (non-hydrogen) atoms. The summed E-state index contributed by atoms with van der Waals surface area (Å²) in [7, 11) is 0. The molecule has 0 bridgehead atoms. The summed E-state index contributed by atoms with van der Waals surface area (Å²) in [6.07, 6.45) is 3.15. The van der Waals surface area contributed by atoms with Crippen molar-refractivity contribution in [1.29, 1.82) is 0 Å². The van der Waals surface area contributed by atoms with Gasteiger partial charge in [0.05, 0.1) is 10.0 Å². The molecule has 0 aliphatic carbocycles. The van der Waals surface area contributed by atoms with Crippen molar-refractivity contribution >= 4 is 51.8 Å². The van der Waals surface area contributed by atoms with E-state index in [4.69, 9.17) is 37.8 Å². The van der Waals surface area contributed by atoms with Crippen molar-refractivity contribution in [1.82, 2.24) is 5.32 Å². The van der Waals surface area contributed by atoms with Crippen LogP contribution in [0.25, 0.3) is 10.8 Å². The number of benzene rings is 3. The summed E-state index contributed by atoms with van der Waals surface area (Å²) in [5.74, 6) is -3.45. The van der Waals surface area contributed by atoms with E-state index in [0.29, 0.717) is 29.4 Å². The molecule has 226 valence electrons. The van der Waals surface area contributed by atoms with Crippen LogP contribution in [0.5, 0.6) is 0 Å². The lowest BCUT2D eigenvalue weighted by Crippen LogP contribution is -2.49. The van der Waals surface area contributed by atoms with Crippen molar-refractivity contribution in [3.8, 4) is 0 Å². The van der Waals surface area contributed by atoms with Crippen LogP contribution >= 0.6 is 23.2 Å². The number of aliphatic carboxylic acids is 2. The van der Waals surface area contributed by atoms with Gasteiger partial charge >= 0.3 is 11.9 Å². The minimum atomic E-state index is -1.75. The molecule has 3 aromatic rings. The molecule has 0 aliphatic rings. The second kappa shape index (κ2) is 17.7. The first kappa shape index (κ1) is 33.3. The SMILES string of the molecule is O=C(O)COC(C(=O)O)C(OCCCCCc1ccc(Cl)c(Cl)c1)C(=O)NCCCCCc1ccc2ccccc2c1. The van der Waals surface area contributed by atoms with E-state index >= 15 is 0 Å². The molecule has 0 radical (unpaired) electrons. The van der Waals surface area contributed by atoms with E-state index in [-0.39, 0.29) is 6.61 Å². The maximum atomic E-state index is 12.9. The lowest BCUT2D eigenvalue weighted by molar-refractivity contribution is -0.172. The summed E-state index contributed by atoms with van der Waals surface area (Å²) in [5, 5.41) is 24.7. The van der Waals surface area contributed by atoms with Gasteiger partial charge in [0.25, 0.3) is 5.91 Å². The number of nitrogens with one attached hydrogen (secondary N) is 1. The third-order valence-corrected chi connectivity index (χ3v) is 7.55. The normalized spacial score (nSPS) is 12.6. The Morgan fingerprint density at radius 3 is 2.07 bits per heavy atom. The minimum absolute atomic E-state index is 0.116. The van der Waals surface area contributed by atoms with Crippen LogP contribution in [0.3, 0.4) is 0 Å². The summed E-state index contributed by atoms with van der Waals surface area (Å²) in [6, 6.07) is 20.1. The highest BCUT2D eigenvalue weighted by Crippen LogP contribution is 2.23.